The van der Waals surface area contributed by atoms with Crippen molar-refractivity contribution < 1.29 is 4.74 Å². The molecule has 1 aliphatic carbocycles. The number of aromatic nitrogens is 2. The number of unbranched alkanes of at least 4 members (excludes halogenated alkanes) is 1. The van der Waals surface area contributed by atoms with Crippen molar-refractivity contribution in [2.24, 2.45) is 5.92 Å². The van der Waals surface area contributed by atoms with Gasteiger partial charge in [0.2, 0.25) is 0 Å². The molecule has 1 aromatic heterocycles. The number of benzene rings is 2. The van der Waals surface area contributed by atoms with E-state index in [9.17, 15) is 9.59 Å². The van der Waals surface area contributed by atoms with Crippen LogP contribution in [0.25, 0.3) is 23.4 Å². The molecular formula is C26H30N2O3. The van der Waals surface area contributed by atoms with Gasteiger partial charge in [0, 0.05) is 5.56 Å². The second kappa shape index (κ2) is 9.82. The molecule has 1 saturated carbocycles. The molecule has 0 atom stereocenters. The molecule has 1 aliphatic rings. The van der Waals surface area contributed by atoms with Crippen molar-refractivity contribution in [3.63, 3.8) is 0 Å². The fourth-order valence-corrected chi connectivity index (χ4v) is 4.56. The molecule has 0 radical (unpaired) electrons. The summed E-state index contributed by atoms with van der Waals surface area (Å²) in [6.07, 6.45) is 12.0. The van der Waals surface area contributed by atoms with E-state index in [1.807, 2.05) is 36.4 Å². The maximum atomic E-state index is 12.4. The zero-order valence-corrected chi connectivity index (χ0v) is 17.9. The molecule has 5 heteroatoms. The molecule has 0 saturated heterocycles. The normalized spacial score (nSPS) is 14.6. The van der Waals surface area contributed by atoms with Gasteiger partial charge in [-0.25, -0.2) is 0 Å². The quantitative estimate of drug-likeness (QED) is 0.576. The first-order valence-electron chi connectivity index (χ1n) is 11.3. The summed E-state index contributed by atoms with van der Waals surface area (Å²) in [7, 11) is 0. The summed E-state index contributed by atoms with van der Waals surface area (Å²) in [5.74, 6) is 1.57. The molecule has 0 amide bonds. The standard InChI is InChI=1S/C26H30N2O3/c1-18-27-25(29)23(26(30)28-18)17-22-21-13-6-5-12-20(21)14-15-24(22)31-16-8-7-11-19-9-3-2-4-10-19/h5-6,12-15,17,19H,1-4,7-11,16H2,(H,27,29)(H,28,30). The van der Waals surface area contributed by atoms with Crippen LogP contribution in [0, 0.1) is 5.92 Å². The number of rotatable bonds is 7. The van der Waals surface area contributed by atoms with Crippen molar-refractivity contribution >= 4 is 23.4 Å². The van der Waals surface area contributed by atoms with Crippen LogP contribution in [0.15, 0.2) is 46.0 Å². The van der Waals surface area contributed by atoms with Crippen molar-refractivity contribution in [2.45, 2.75) is 51.4 Å². The first-order chi connectivity index (χ1) is 15.1. The first-order valence-corrected chi connectivity index (χ1v) is 11.3. The Bertz CT molecular complexity index is 1230. The highest BCUT2D eigenvalue weighted by Crippen LogP contribution is 2.30. The van der Waals surface area contributed by atoms with Gasteiger partial charge in [-0.15, -0.1) is 0 Å². The molecule has 0 spiro atoms. The predicted molar refractivity (Wildman–Crippen MR) is 126 cm³/mol. The largest absolute Gasteiger partial charge is 0.493 e. The second-order valence-electron chi connectivity index (χ2n) is 8.49. The van der Waals surface area contributed by atoms with Gasteiger partial charge in [-0.05, 0) is 41.7 Å². The molecule has 1 heterocycles. The minimum atomic E-state index is -0.458. The highest BCUT2D eigenvalue weighted by atomic mass is 16.5. The predicted octanol–water partition coefficient (Wildman–Crippen LogP) is 3.58. The Balaban J connectivity index is 1.58. The van der Waals surface area contributed by atoms with E-state index in [0.717, 1.165) is 28.7 Å². The smallest absolute Gasteiger partial charge is 0.262 e. The summed E-state index contributed by atoms with van der Waals surface area (Å²) in [4.78, 5) is 29.9. The maximum Gasteiger partial charge on any atom is 0.262 e. The molecule has 0 bridgehead atoms. The second-order valence-corrected chi connectivity index (χ2v) is 8.49. The van der Waals surface area contributed by atoms with Gasteiger partial charge in [0.1, 0.15) is 16.4 Å². The third-order valence-electron chi connectivity index (χ3n) is 6.23. The number of nitrogens with one attached hydrogen (secondary N) is 2. The van der Waals surface area contributed by atoms with Gasteiger partial charge in [0.25, 0.3) is 11.1 Å². The molecular weight excluding hydrogens is 388 g/mol. The van der Waals surface area contributed by atoms with Crippen LogP contribution in [0.5, 0.6) is 5.75 Å². The zero-order chi connectivity index (χ0) is 21.6. The maximum absolute atomic E-state index is 12.4. The average molecular weight is 419 g/mol. The number of fused-ring (bicyclic) bond motifs is 1. The SMILES string of the molecule is C=c1[nH]c(=O)c(=Cc2c(OCCCCC3CCCCC3)ccc3ccccc23)c(=O)[nH]1. The Labute approximate surface area is 181 Å². The summed E-state index contributed by atoms with van der Waals surface area (Å²) in [5, 5.41) is 2.02. The molecule has 2 aromatic carbocycles. The van der Waals surface area contributed by atoms with Crippen LogP contribution >= 0.6 is 0 Å². The van der Waals surface area contributed by atoms with Crippen LogP contribution in [0.3, 0.4) is 0 Å². The Kier molecular flexibility index (Phi) is 6.70. The van der Waals surface area contributed by atoms with E-state index in [-0.39, 0.29) is 10.7 Å². The van der Waals surface area contributed by atoms with Crippen LogP contribution in [-0.4, -0.2) is 16.6 Å². The van der Waals surface area contributed by atoms with E-state index in [4.69, 9.17) is 4.74 Å². The van der Waals surface area contributed by atoms with Crippen LogP contribution in [0.4, 0.5) is 0 Å². The van der Waals surface area contributed by atoms with E-state index >= 15 is 0 Å². The minimum absolute atomic E-state index is 0.0471. The van der Waals surface area contributed by atoms with Crippen molar-refractivity contribution in [1.82, 2.24) is 9.97 Å². The Morgan fingerprint density at radius 3 is 2.48 bits per heavy atom. The summed E-state index contributed by atoms with van der Waals surface area (Å²) in [6, 6.07) is 11.8. The third-order valence-corrected chi connectivity index (χ3v) is 6.23. The van der Waals surface area contributed by atoms with Gasteiger partial charge in [0.05, 0.1) is 6.61 Å². The minimum Gasteiger partial charge on any atom is -0.493 e. The van der Waals surface area contributed by atoms with Crippen LogP contribution in [0.2, 0.25) is 0 Å². The molecule has 0 unspecified atom stereocenters. The van der Waals surface area contributed by atoms with E-state index < -0.39 is 11.1 Å². The van der Waals surface area contributed by atoms with Crippen molar-refractivity contribution in [3.05, 3.63) is 73.4 Å². The van der Waals surface area contributed by atoms with Crippen molar-refractivity contribution in [1.29, 1.82) is 0 Å². The summed E-state index contributed by atoms with van der Waals surface area (Å²) >= 11 is 0. The number of H-pyrrole nitrogens is 2. The van der Waals surface area contributed by atoms with E-state index in [1.165, 1.54) is 44.9 Å². The lowest BCUT2D eigenvalue weighted by Gasteiger charge is -2.21. The highest BCUT2D eigenvalue weighted by molar-refractivity contribution is 5.93. The van der Waals surface area contributed by atoms with Crippen molar-refractivity contribution in [2.75, 3.05) is 6.61 Å². The lowest BCUT2D eigenvalue weighted by Crippen LogP contribution is -2.47. The lowest BCUT2D eigenvalue weighted by atomic mass is 9.86. The van der Waals surface area contributed by atoms with Gasteiger partial charge >= 0.3 is 0 Å². The molecule has 5 nitrogen and oxygen atoms in total. The van der Waals surface area contributed by atoms with Crippen LogP contribution < -0.4 is 26.6 Å². The summed E-state index contributed by atoms with van der Waals surface area (Å²) < 4.78 is 6.14. The fraction of sp³-hybridized carbons (Fsp3) is 0.385. The molecule has 2 N–H and O–H groups in total. The fourth-order valence-electron chi connectivity index (χ4n) is 4.56. The molecule has 3 aromatic rings. The van der Waals surface area contributed by atoms with Crippen LogP contribution in [0.1, 0.15) is 56.9 Å². The Morgan fingerprint density at radius 1 is 0.968 bits per heavy atom. The number of aromatic amines is 2. The monoisotopic (exact) mass is 418 g/mol. The van der Waals surface area contributed by atoms with E-state index in [1.54, 1.807) is 6.08 Å². The topological polar surface area (TPSA) is 75.0 Å². The van der Waals surface area contributed by atoms with Crippen molar-refractivity contribution in [3.8, 4) is 5.75 Å². The first kappa shape index (κ1) is 21.2. The van der Waals surface area contributed by atoms with E-state index in [0.29, 0.717) is 12.4 Å². The molecule has 0 aliphatic heterocycles. The zero-order valence-electron chi connectivity index (χ0n) is 17.9. The Hall–Kier alpha value is -3.08. The van der Waals surface area contributed by atoms with Crippen LogP contribution in [-0.2, 0) is 0 Å². The number of hydrogen-bond acceptors (Lipinski definition) is 3. The van der Waals surface area contributed by atoms with Gasteiger partial charge in [-0.3, -0.25) is 9.59 Å². The summed E-state index contributed by atoms with van der Waals surface area (Å²) in [6.45, 7) is 4.22. The molecule has 1 fully saturated rings. The third kappa shape index (κ3) is 5.16. The van der Waals surface area contributed by atoms with E-state index in [2.05, 4.69) is 16.5 Å². The van der Waals surface area contributed by atoms with Gasteiger partial charge < -0.3 is 14.7 Å². The molecule has 4 rings (SSSR count). The van der Waals surface area contributed by atoms with Gasteiger partial charge in [-0.1, -0.05) is 75.4 Å². The highest BCUT2D eigenvalue weighted by Gasteiger charge is 2.13. The number of ether oxygens (including phenoxy) is 1. The summed E-state index contributed by atoms with van der Waals surface area (Å²) in [5.41, 5.74) is 0.0259. The average Bonchev–Trinajstić information content (AvgIpc) is 2.77. The Morgan fingerprint density at radius 2 is 1.71 bits per heavy atom. The molecule has 31 heavy (non-hydrogen) atoms. The molecule has 162 valence electrons. The number of hydrogen-bond donors (Lipinski definition) is 2. The lowest BCUT2D eigenvalue weighted by molar-refractivity contribution is 0.283. The van der Waals surface area contributed by atoms with Gasteiger partial charge in [-0.2, -0.15) is 0 Å². The van der Waals surface area contributed by atoms with Gasteiger partial charge in [0.15, 0.2) is 0 Å².